The Morgan fingerprint density at radius 2 is 0.434 bits per heavy atom. The number of rotatable bonds is 85. The van der Waals surface area contributed by atoms with Crippen molar-refractivity contribution in [3.63, 3.8) is 0 Å². The van der Waals surface area contributed by atoms with Gasteiger partial charge in [-0.3, -0.25) is 37.3 Å². The maximum Gasteiger partial charge on any atom is 0.472 e. The summed E-state index contributed by atoms with van der Waals surface area (Å²) in [5, 5.41) is 10.7. The summed E-state index contributed by atoms with van der Waals surface area (Å²) < 4.78 is 68.9. The van der Waals surface area contributed by atoms with Crippen molar-refractivity contribution in [2.45, 2.75) is 478 Å². The van der Waals surface area contributed by atoms with Crippen LogP contribution in [0.1, 0.15) is 459 Å². The normalized spacial score (nSPS) is 13.9. The van der Waals surface area contributed by atoms with Gasteiger partial charge < -0.3 is 33.8 Å². The van der Waals surface area contributed by atoms with E-state index in [1.807, 2.05) is 0 Å². The number of hydrogen-bond acceptors (Lipinski definition) is 15. The van der Waals surface area contributed by atoms with Gasteiger partial charge in [0.1, 0.15) is 19.3 Å². The van der Waals surface area contributed by atoms with Gasteiger partial charge in [0, 0.05) is 25.7 Å². The molecule has 0 radical (unpaired) electrons. The van der Waals surface area contributed by atoms with Crippen molar-refractivity contribution in [2.75, 3.05) is 39.6 Å². The molecular formula is C87H170O17P2. The van der Waals surface area contributed by atoms with Crippen LogP contribution in [0, 0.1) is 17.8 Å². The molecule has 0 bridgehead atoms. The van der Waals surface area contributed by atoms with Gasteiger partial charge in [-0.15, -0.1) is 0 Å². The third kappa shape index (κ3) is 80.1. The van der Waals surface area contributed by atoms with Gasteiger partial charge in [-0.05, 0) is 43.4 Å². The maximum absolute atomic E-state index is 13.2. The summed E-state index contributed by atoms with van der Waals surface area (Å²) in [7, 11) is -9.93. The molecule has 106 heavy (non-hydrogen) atoms. The molecule has 0 saturated carbocycles. The molecule has 0 spiro atoms. The van der Waals surface area contributed by atoms with Gasteiger partial charge in [0.25, 0.3) is 0 Å². The van der Waals surface area contributed by atoms with Gasteiger partial charge in [-0.1, -0.05) is 408 Å². The molecule has 0 aromatic heterocycles. The lowest BCUT2D eigenvalue weighted by atomic mass is 10.0. The topological polar surface area (TPSA) is 237 Å². The number of hydrogen-bond donors (Lipinski definition) is 3. The van der Waals surface area contributed by atoms with Crippen molar-refractivity contribution in [3.8, 4) is 0 Å². The van der Waals surface area contributed by atoms with E-state index in [9.17, 15) is 43.2 Å². The van der Waals surface area contributed by atoms with E-state index in [0.717, 1.165) is 108 Å². The smallest absolute Gasteiger partial charge is 0.462 e. The first-order chi connectivity index (χ1) is 51.2. The molecule has 0 amide bonds. The molecule has 0 fully saturated rings. The quantitative estimate of drug-likeness (QED) is 0.0222. The fourth-order valence-corrected chi connectivity index (χ4v) is 15.1. The molecule has 5 atom stereocenters. The summed E-state index contributed by atoms with van der Waals surface area (Å²) in [4.78, 5) is 73.2. The van der Waals surface area contributed by atoms with Crippen LogP contribution in [0.3, 0.4) is 0 Å². The Bertz CT molecular complexity index is 2040. The number of esters is 4. The van der Waals surface area contributed by atoms with E-state index in [0.29, 0.717) is 31.6 Å². The number of aliphatic hydroxyl groups excluding tert-OH is 1. The van der Waals surface area contributed by atoms with E-state index in [4.69, 9.17) is 37.0 Å². The van der Waals surface area contributed by atoms with E-state index < -0.39 is 97.5 Å². The largest absolute Gasteiger partial charge is 0.472 e. The monoisotopic (exact) mass is 1550 g/mol. The Labute approximate surface area is 651 Å². The molecule has 0 rings (SSSR count). The Balaban J connectivity index is 5.23. The third-order valence-corrected chi connectivity index (χ3v) is 22.3. The third-order valence-electron chi connectivity index (χ3n) is 20.4. The van der Waals surface area contributed by atoms with Gasteiger partial charge in [0.15, 0.2) is 12.2 Å². The van der Waals surface area contributed by atoms with Crippen LogP contribution in [-0.4, -0.2) is 96.7 Å². The van der Waals surface area contributed by atoms with Gasteiger partial charge in [-0.2, -0.15) is 0 Å². The number of aliphatic hydroxyl groups is 1. The minimum atomic E-state index is -4.97. The van der Waals surface area contributed by atoms with Crippen LogP contribution in [0.25, 0.3) is 0 Å². The molecule has 17 nitrogen and oxygen atoms in total. The van der Waals surface area contributed by atoms with E-state index in [1.165, 1.54) is 263 Å². The summed E-state index contributed by atoms with van der Waals surface area (Å²) in [6.45, 7) is 12.0. The summed E-state index contributed by atoms with van der Waals surface area (Å²) in [6.07, 6.45) is 68.2. The molecule has 0 aromatic rings. The van der Waals surface area contributed by atoms with E-state index >= 15 is 0 Å². The summed E-state index contributed by atoms with van der Waals surface area (Å²) >= 11 is 0. The van der Waals surface area contributed by atoms with Crippen LogP contribution >= 0.6 is 15.6 Å². The van der Waals surface area contributed by atoms with Crippen molar-refractivity contribution in [2.24, 2.45) is 17.8 Å². The first-order valence-corrected chi connectivity index (χ1v) is 47.8. The standard InChI is InChI=1S/C87H170O17P2/c1-8-9-10-11-12-13-14-15-16-17-18-19-20-21-26-31-36-41-48-56-63-70-86(91)103-82(74-97-84(89)68-61-54-47-40-35-30-25-23-22-24-28-33-38-44-51-58-65-78(2)3)76-101-105(93,94)99-72-81(88)73-100-106(95,96)102-77-83(75-98-85(90)69-62-55-50-43-46-53-60-67-80(6)7)104-87(92)71-64-57-49-42-37-32-27-29-34-39-45-52-59-66-79(4)5/h78-83,88H,8-77H2,1-7H3,(H,93,94)(H,95,96)/t81-,82-,83-/m1/s1. The number of unbranched alkanes of at least 4 members (excludes halogenated alkanes) is 53. The summed E-state index contributed by atoms with van der Waals surface area (Å²) in [5.74, 6) is 0.199. The molecule has 0 aliphatic heterocycles. The van der Waals surface area contributed by atoms with E-state index in [1.54, 1.807) is 0 Å². The molecule has 3 N–H and O–H groups in total. The highest BCUT2D eigenvalue weighted by atomic mass is 31.2. The first kappa shape index (κ1) is 104. The minimum absolute atomic E-state index is 0.107. The SMILES string of the molecule is CCCCCCCCCCCCCCCCCCCCCCCC(=O)O[C@H](COC(=O)CCCCCCCCCCCCCCCCCCC(C)C)COP(=O)(O)OC[C@@H](O)COP(=O)(O)OC[C@@H](COC(=O)CCCCCCCCCC(C)C)OC(=O)CCCCCCCCCCCCCCCC(C)C. The van der Waals surface area contributed by atoms with Crippen molar-refractivity contribution in [1.29, 1.82) is 0 Å². The lowest BCUT2D eigenvalue weighted by Gasteiger charge is -2.21. The number of phosphoric ester groups is 2. The minimum Gasteiger partial charge on any atom is -0.462 e. The van der Waals surface area contributed by atoms with Crippen molar-refractivity contribution >= 4 is 39.5 Å². The van der Waals surface area contributed by atoms with Crippen molar-refractivity contribution in [1.82, 2.24) is 0 Å². The Morgan fingerprint density at radius 1 is 0.255 bits per heavy atom. The first-order valence-electron chi connectivity index (χ1n) is 44.8. The molecule has 2 unspecified atom stereocenters. The van der Waals surface area contributed by atoms with Crippen LogP contribution in [0.4, 0.5) is 0 Å². The molecular weight excluding hydrogens is 1380 g/mol. The second kappa shape index (κ2) is 77.0. The highest BCUT2D eigenvalue weighted by molar-refractivity contribution is 7.47. The lowest BCUT2D eigenvalue weighted by Crippen LogP contribution is -2.30. The van der Waals surface area contributed by atoms with E-state index in [2.05, 4.69) is 48.5 Å². The predicted molar refractivity (Wildman–Crippen MR) is 437 cm³/mol. The Hall–Kier alpha value is -1.94. The Kier molecular flexibility index (Phi) is 75.6. The second-order valence-corrected chi connectivity index (χ2v) is 35.6. The van der Waals surface area contributed by atoms with Gasteiger partial charge >= 0.3 is 39.5 Å². The molecule has 0 aliphatic carbocycles. The summed E-state index contributed by atoms with van der Waals surface area (Å²) in [6, 6.07) is 0. The zero-order valence-electron chi connectivity index (χ0n) is 69.9. The molecule has 630 valence electrons. The fraction of sp³-hybridized carbons (Fsp3) is 0.954. The van der Waals surface area contributed by atoms with Crippen molar-refractivity contribution in [3.05, 3.63) is 0 Å². The zero-order chi connectivity index (χ0) is 77.9. The number of ether oxygens (including phenoxy) is 4. The highest BCUT2D eigenvalue weighted by Gasteiger charge is 2.30. The zero-order valence-corrected chi connectivity index (χ0v) is 71.7. The second-order valence-electron chi connectivity index (χ2n) is 32.7. The van der Waals surface area contributed by atoms with E-state index in [-0.39, 0.29) is 25.7 Å². The van der Waals surface area contributed by atoms with Crippen LogP contribution in [0.2, 0.25) is 0 Å². The molecule has 0 aromatic carbocycles. The van der Waals surface area contributed by atoms with Gasteiger partial charge in [0.2, 0.25) is 0 Å². The molecule has 19 heteroatoms. The van der Waals surface area contributed by atoms with Crippen LogP contribution in [0.15, 0.2) is 0 Å². The maximum atomic E-state index is 13.2. The predicted octanol–water partition coefficient (Wildman–Crippen LogP) is 26.5. The van der Waals surface area contributed by atoms with Crippen molar-refractivity contribution < 1.29 is 80.2 Å². The Morgan fingerprint density at radius 3 is 0.642 bits per heavy atom. The van der Waals surface area contributed by atoms with Crippen LogP contribution < -0.4 is 0 Å². The molecule has 0 saturated heterocycles. The summed E-state index contributed by atoms with van der Waals surface area (Å²) in [5.41, 5.74) is 0. The van der Waals surface area contributed by atoms with Crippen LogP contribution in [-0.2, 0) is 65.4 Å². The highest BCUT2D eigenvalue weighted by Crippen LogP contribution is 2.45. The number of carbonyl (C=O) groups excluding carboxylic acids is 4. The van der Waals surface area contributed by atoms with Gasteiger partial charge in [0.05, 0.1) is 26.4 Å². The lowest BCUT2D eigenvalue weighted by molar-refractivity contribution is -0.161. The average molecular weight is 1550 g/mol. The van der Waals surface area contributed by atoms with Gasteiger partial charge in [-0.25, -0.2) is 9.13 Å². The van der Waals surface area contributed by atoms with Crippen LogP contribution in [0.5, 0.6) is 0 Å². The molecule has 0 aliphatic rings. The average Bonchev–Trinajstić information content (AvgIpc) is 0.901. The molecule has 0 heterocycles. The number of phosphoric acid groups is 2. The number of carbonyl (C=O) groups is 4. The fourth-order valence-electron chi connectivity index (χ4n) is 13.5.